The largest absolute Gasteiger partial charge is 0.391 e. The van der Waals surface area contributed by atoms with Gasteiger partial charge in [0.15, 0.2) is 0 Å². The van der Waals surface area contributed by atoms with Crippen molar-refractivity contribution in [3.63, 3.8) is 0 Å². The fraction of sp³-hybridized carbons (Fsp3) is 0.468. The van der Waals surface area contributed by atoms with E-state index < -0.39 is 23.6 Å². The topological polar surface area (TPSA) is 135 Å². The van der Waals surface area contributed by atoms with Gasteiger partial charge in [-0.3, -0.25) is 24.1 Å². The molecule has 2 fully saturated rings. The van der Waals surface area contributed by atoms with Gasteiger partial charge in [0.25, 0.3) is 0 Å². The zero-order chi connectivity index (χ0) is 41.9. The summed E-state index contributed by atoms with van der Waals surface area (Å²) in [7, 11) is 0. The van der Waals surface area contributed by atoms with Gasteiger partial charge in [-0.15, -0.1) is 11.3 Å². The molecular formula is C47H60N6O5S. The van der Waals surface area contributed by atoms with Gasteiger partial charge in [-0.2, -0.15) is 0 Å². The van der Waals surface area contributed by atoms with Gasteiger partial charge in [0, 0.05) is 58.5 Å². The molecule has 3 heterocycles. The van der Waals surface area contributed by atoms with Crippen molar-refractivity contribution < 1.29 is 24.3 Å². The predicted molar refractivity (Wildman–Crippen MR) is 232 cm³/mol. The van der Waals surface area contributed by atoms with Crippen molar-refractivity contribution in [1.29, 1.82) is 0 Å². The van der Waals surface area contributed by atoms with Crippen molar-refractivity contribution in [3.8, 4) is 10.4 Å². The van der Waals surface area contributed by atoms with Crippen molar-refractivity contribution in [2.75, 3.05) is 32.7 Å². The minimum Gasteiger partial charge on any atom is -0.391 e. The van der Waals surface area contributed by atoms with Crippen LogP contribution in [0, 0.1) is 12.3 Å². The van der Waals surface area contributed by atoms with Crippen molar-refractivity contribution in [2.45, 2.75) is 103 Å². The number of rotatable bonds is 16. The Kier molecular flexibility index (Phi) is 15.1. The molecular weight excluding hydrogens is 761 g/mol. The van der Waals surface area contributed by atoms with Crippen LogP contribution >= 0.6 is 11.3 Å². The molecule has 2 aliphatic heterocycles. The third kappa shape index (κ3) is 11.6. The molecule has 4 amide bonds. The van der Waals surface area contributed by atoms with E-state index in [1.165, 1.54) is 16.0 Å². The summed E-state index contributed by atoms with van der Waals surface area (Å²) in [6, 6.07) is 27.5. The molecule has 1 aromatic heterocycles. The Morgan fingerprint density at radius 3 is 2.02 bits per heavy atom. The number of unbranched alkanes of at least 4 members (excludes halogenated alkanes) is 3. The van der Waals surface area contributed by atoms with E-state index in [4.69, 9.17) is 0 Å². The minimum atomic E-state index is -0.868. The van der Waals surface area contributed by atoms with Gasteiger partial charge in [0.1, 0.15) is 12.1 Å². The van der Waals surface area contributed by atoms with E-state index in [2.05, 4.69) is 69.0 Å². The molecule has 11 nitrogen and oxygen atoms in total. The van der Waals surface area contributed by atoms with Gasteiger partial charge < -0.3 is 25.5 Å². The van der Waals surface area contributed by atoms with E-state index in [0.717, 1.165) is 54.0 Å². The highest BCUT2D eigenvalue weighted by molar-refractivity contribution is 7.13. The highest BCUT2D eigenvalue weighted by Crippen LogP contribution is 2.31. The Morgan fingerprint density at radius 2 is 1.44 bits per heavy atom. The highest BCUT2D eigenvalue weighted by atomic mass is 32.1. The summed E-state index contributed by atoms with van der Waals surface area (Å²) in [6.45, 7) is 11.0. The summed E-state index contributed by atoms with van der Waals surface area (Å²) in [4.78, 5) is 65.1. The van der Waals surface area contributed by atoms with Crippen LogP contribution in [0.3, 0.4) is 0 Å². The molecule has 2 aliphatic rings. The maximum atomic E-state index is 14.0. The number of nitrogens with one attached hydrogen (secondary N) is 2. The minimum absolute atomic E-state index is 0.0264. The molecule has 59 heavy (non-hydrogen) atoms. The normalized spacial score (nSPS) is 17.9. The maximum absolute atomic E-state index is 14.0. The van der Waals surface area contributed by atoms with Crippen LogP contribution in [0.25, 0.3) is 10.4 Å². The number of hydrogen-bond donors (Lipinski definition) is 3. The van der Waals surface area contributed by atoms with Gasteiger partial charge in [-0.05, 0) is 47.4 Å². The molecule has 3 aromatic carbocycles. The summed E-state index contributed by atoms with van der Waals surface area (Å²) in [5.41, 5.74) is 6.66. The number of carbonyl (C=O) groups is 4. The summed E-state index contributed by atoms with van der Waals surface area (Å²) >= 11 is 1.58. The Morgan fingerprint density at radius 1 is 0.831 bits per heavy atom. The lowest BCUT2D eigenvalue weighted by molar-refractivity contribution is -0.144. The van der Waals surface area contributed by atoms with E-state index >= 15 is 0 Å². The van der Waals surface area contributed by atoms with E-state index in [-0.39, 0.29) is 55.6 Å². The second-order valence-electron chi connectivity index (χ2n) is 17.0. The number of amides is 4. The predicted octanol–water partition coefficient (Wildman–Crippen LogP) is 6.50. The number of aryl methyl sites for hydroxylation is 1. The first-order valence-corrected chi connectivity index (χ1v) is 21.9. The average molecular weight is 821 g/mol. The number of hydrogen-bond acceptors (Lipinski definition) is 8. The fourth-order valence-electron chi connectivity index (χ4n) is 8.20. The van der Waals surface area contributed by atoms with Crippen molar-refractivity contribution in [1.82, 2.24) is 30.3 Å². The smallest absolute Gasteiger partial charge is 0.246 e. The number of benzene rings is 3. The lowest BCUT2D eigenvalue weighted by Gasteiger charge is -2.40. The molecule has 0 saturated carbocycles. The maximum Gasteiger partial charge on any atom is 0.246 e. The molecule has 0 spiro atoms. The van der Waals surface area contributed by atoms with Gasteiger partial charge in [0.05, 0.1) is 28.2 Å². The van der Waals surface area contributed by atoms with Crippen LogP contribution in [-0.2, 0) is 25.7 Å². The average Bonchev–Trinajstić information content (AvgIpc) is 3.86. The third-order valence-electron chi connectivity index (χ3n) is 11.5. The first-order valence-electron chi connectivity index (χ1n) is 21.1. The monoisotopic (exact) mass is 820 g/mol. The summed E-state index contributed by atoms with van der Waals surface area (Å²) in [6.07, 6.45) is 3.08. The fourth-order valence-corrected chi connectivity index (χ4v) is 9.01. The van der Waals surface area contributed by atoms with Gasteiger partial charge >= 0.3 is 0 Å². The van der Waals surface area contributed by atoms with Crippen LogP contribution in [-0.4, -0.2) is 99.3 Å². The van der Waals surface area contributed by atoms with Crippen LogP contribution in [0.4, 0.5) is 0 Å². The van der Waals surface area contributed by atoms with E-state index in [9.17, 15) is 24.3 Å². The molecule has 0 unspecified atom stereocenters. The zero-order valence-corrected chi connectivity index (χ0v) is 35.8. The molecule has 2 saturated heterocycles. The van der Waals surface area contributed by atoms with Crippen LogP contribution < -0.4 is 10.6 Å². The number of carbonyl (C=O) groups excluding carboxylic acids is 4. The summed E-state index contributed by atoms with van der Waals surface area (Å²) in [5.74, 6) is -0.756. The summed E-state index contributed by atoms with van der Waals surface area (Å²) < 4.78 is 0. The first kappa shape index (κ1) is 43.7. The molecule has 314 valence electrons. The molecule has 12 heteroatoms. The Hall–Kier alpha value is -4.91. The molecule has 3 atom stereocenters. The number of β-amino-alcohol motifs (C(OH)–C–C–N with tert-alkyl or cyclic N) is 1. The lowest BCUT2D eigenvalue weighted by Crippen LogP contribution is -2.57. The SMILES string of the molecule is Cc1ncsc1-c1ccc(CNC(=O)[C@@H]2C[C@@H](O)CN2C(=O)[C@@H](NC(=O)CCCCCCC(=O)N2CCN(C(c3ccccc3)c3ccccc3)CC2)C(C)(C)C)cc1. The lowest BCUT2D eigenvalue weighted by atomic mass is 9.85. The number of aliphatic hydroxyl groups excluding tert-OH is 1. The van der Waals surface area contributed by atoms with Gasteiger partial charge in [-0.1, -0.05) is 119 Å². The first-order chi connectivity index (χ1) is 28.4. The molecule has 3 N–H and O–H groups in total. The highest BCUT2D eigenvalue weighted by Gasteiger charge is 2.44. The second kappa shape index (κ2) is 20.4. The molecule has 0 aliphatic carbocycles. The number of aromatic nitrogens is 1. The van der Waals surface area contributed by atoms with Crippen LogP contribution in [0.15, 0.2) is 90.4 Å². The van der Waals surface area contributed by atoms with E-state index in [0.29, 0.717) is 25.9 Å². The summed E-state index contributed by atoms with van der Waals surface area (Å²) in [5, 5.41) is 16.5. The number of aliphatic hydroxyl groups is 1. The quantitative estimate of drug-likeness (QED) is 0.110. The van der Waals surface area contributed by atoms with E-state index in [1.807, 2.05) is 74.5 Å². The molecule has 0 radical (unpaired) electrons. The van der Waals surface area contributed by atoms with Crippen molar-refractivity contribution in [2.24, 2.45) is 5.41 Å². The van der Waals surface area contributed by atoms with Crippen LogP contribution in [0.5, 0.6) is 0 Å². The zero-order valence-electron chi connectivity index (χ0n) is 34.9. The number of nitrogens with zero attached hydrogens (tertiary/aromatic N) is 4. The van der Waals surface area contributed by atoms with Crippen molar-refractivity contribution in [3.05, 3.63) is 113 Å². The van der Waals surface area contributed by atoms with Gasteiger partial charge in [0.2, 0.25) is 23.6 Å². The molecule has 0 bridgehead atoms. The van der Waals surface area contributed by atoms with Gasteiger partial charge in [-0.25, -0.2) is 4.98 Å². The Balaban J connectivity index is 0.914. The van der Waals surface area contributed by atoms with Crippen molar-refractivity contribution >= 4 is 35.0 Å². The standard InChI is InChI=1S/C47H60N6O5S/c1-33-43(59-32-49-33)37-23-21-34(22-24-37)30-48-45(57)39-29-38(54)31-53(39)46(58)44(47(2,3)4)50-40(55)19-13-5-6-14-20-41(56)51-25-27-52(28-26-51)42(35-15-9-7-10-16-35)36-17-11-8-12-18-36/h7-12,15-18,21-24,32,38-39,42,44,54H,5-6,13-14,19-20,25-31H2,1-4H3,(H,48,57)(H,50,55)/t38-,39+,44-/m1/s1. The number of piperazine rings is 1. The third-order valence-corrected chi connectivity index (χ3v) is 12.5. The number of thiazole rings is 1. The number of likely N-dealkylation sites (tertiary alicyclic amines) is 1. The molecule has 6 rings (SSSR count). The second-order valence-corrected chi connectivity index (χ2v) is 17.9. The van der Waals surface area contributed by atoms with E-state index in [1.54, 1.807) is 11.3 Å². The van der Waals surface area contributed by atoms with Crippen LogP contribution in [0.2, 0.25) is 0 Å². The van der Waals surface area contributed by atoms with Crippen LogP contribution in [0.1, 0.15) is 94.1 Å². The Bertz CT molecular complexity index is 1950. The molecule has 4 aromatic rings. The Labute approximate surface area is 353 Å².